The Hall–Kier alpha value is -4.53. The summed E-state index contributed by atoms with van der Waals surface area (Å²) < 4.78 is 39.4. The van der Waals surface area contributed by atoms with Gasteiger partial charge in [-0.1, -0.05) is 12.1 Å². The normalized spacial score (nSPS) is 15.7. The third kappa shape index (κ3) is 7.28. The van der Waals surface area contributed by atoms with Crippen molar-refractivity contribution in [2.24, 2.45) is 5.92 Å². The number of amides is 1. The summed E-state index contributed by atoms with van der Waals surface area (Å²) in [6.45, 7) is 3.78. The number of carbonyl (C=O) groups is 1. The van der Waals surface area contributed by atoms with Crippen LogP contribution in [0.1, 0.15) is 23.2 Å². The zero-order valence-corrected chi connectivity index (χ0v) is 24.3. The van der Waals surface area contributed by atoms with Crippen LogP contribution in [0.5, 0.6) is 11.5 Å². The first-order valence-electron chi connectivity index (χ1n) is 13.7. The number of aromatic amines is 1. The Bertz CT molecular complexity index is 1730. The molecule has 2 aromatic carbocycles. The molecule has 0 bridgehead atoms. The molecule has 1 atom stereocenters. The van der Waals surface area contributed by atoms with E-state index in [0.717, 1.165) is 43.9 Å². The zero-order chi connectivity index (χ0) is 30.4. The quantitative estimate of drug-likeness (QED) is 0.157. The minimum absolute atomic E-state index is 0.0416. The number of ether oxygens (including phenoxy) is 2. The van der Waals surface area contributed by atoms with Crippen molar-refractivity contribution in [2.45, 2.75) is 17.7 Å². The van der Waals surface area contributed by atoms with Crippen LogP contribution in [-0.2, 0) is 14.8 Å². The lowest BCUT2D eigenvalue weighted by atomic mass is 9.98. The molecule has 2 aromatic heterocycles. The van der Waals surface area contributed by atoms with Crippen molar-refractivity contribution in [3.63, 3.8) is 0 Å². The highest BCUT2D eigenvalue weighted by molar-refractivity contribution is 7.90. The van der Waals surface area contributed by atoms with E-state index in [0.29, 0.717) is 24.5 Å². The lowest BCUT2D eigenvalue weighted by Gasteiger charge is -2.32. The van der Waals surface area contributed by atoms with Crippen molar-refractivity contribution in [3.8, 4) is 11.5 Å². The number of nitro benzene ring substituents is 1. The number of rotatable bonds is 12. The maximum absolute atomic E-state index is 13.2. The monoisotopic (exact) mass is 608 g/mol. The van der Waals surface area contributed by atoms with Crippen LogP contribution in [0.3, 0.4) is 0 Å². The number of likely N-dealkylation sites (tertiary alicyclic amines) is 1. The number of H-pyrrole nitrogens is 1. The highest BCUT2D eigenvalue weighted by atomic mass is 32.2. The average molecular weight is 609 g/mol. The fourth-order valence-corrected chi connectivity index (χ4v) is 6.04. The number of carbonyl (C=O) groups excluding carboxylic acids is 1. The van der Waals surface area contributed by atoms with E-state index in [1.807, 2.05) is 10.8 Å². The van der Waals surface area contributed by atoms with Gasteiger partial charge in [0.25, 0.3) is 21.6 Å². The molecule has 4 aromatic rings. The Morgan fingerprint density at radius 1 is 1.21 bits per heavy atom. The number of benzene rings is 2. The second-order valence-corrected chi connectivity index (χ2v) is 11.9. The molecule has 1 amide bonds. The third-order valence-electron chi connectivity index (χ3n) is 7.23. The number of para-hydroxylation sites is 1. The molecule has 14 heteroatoms. The van der Waals surface area contributed by atoms with E-state index in [9.17, 15) is 23.3 Å². The molecule has 0 spiro atoms. The molecule has 1 fully saturated rings. The molecule has 0 saturated carbocycles. The summed E-state index contributed by atoms with van der Waals surface area (Å²) in [4.78, 5) is 33.5. The number of anilines is 1. The van der Waals surface area contributed by atoms with Crippen molar-refractivity contribution >= 4 is 38.3 Å². The molecular weight excluding hydrogens is 576 g/mol. The Morgan fingerprint density at radius 2 is 2.05 bits per heavy atom. The number of hydrogen-bond donors (Lipinski definition) is 3. The highest BCUT2D eigenvalue weighted by Gasteiger charge is 2.26. The van der Waals surface area contributed by atoms with Gasteiger partial charge in [-0.25, -0.2) is 18.1 Å². The predicted octanol–water partition coefficient (Wildman–Crippen LogP) is 4.15. The largest absolute Gasteiger partial charge is 0.455 e. The number of pyridine rings is 1. The van der Waals surface area contributed by atoms with Crippen molar-refractivity contribution in [2.75, 3.05) is 45.2 Å². The summed E-state index contributed by atoms with van der Waals surface area (Å²) in [6, 6.07) is 13.2. The summed E-state index contributed by atoms with van der Waals surface area (Å²) in [7, 11) is -2.80. The van der Waals surface area contributed by atoms with Gasteiger partial charge in [-0.2, -0.15) is 0 Å². The summed E-state index contributed by atoms with van der Waals surface area (Å²) in [5.74, 6) is -0.215. The van der Waals surface area contributed by atoms with Gasteiger partial charge in [0.2, 0.25) is 0 Å². The van der Waals surface area contributed by atoms with Crippen LogP contribution < -0.4 is 14.8 Å². The van der Waals surface area contributed by atoms with Crippen molar-refractivity contribution in [1.29, 1.82) is 0 Å². The van der Waals surface area contributed by atoms with Gasteiger partial charge in [-0.05, 0) is 61.7 Å². The summed E-state index contributed by atoms with van der Waals surface area (Å²) >= 11 is 0. The topological polar surface area (TPSA) is 169 Å². The van der Waals surface area contributed by atoms with Gasteiger partial charge in [0.05, 0.1) is 28.2 Å². The molecule has 1 saturated heterocycles. The number of fused-ring (bicyclic) bond motifs is 1. The van der Waals surface area contributed by atoms with E-state index in [-0.39, 0.29) is 22.9 Å². The molecule has 226 valence electrons. The van der Waals surface area contributed by atoms with E-state index in [4.69, 9.17) is 9.47 Å². The molecule has 5 rings (SSSR count). The Balaban J connectivity index is 1.28. The van der Waals surface area contributed by atoms with Crippen LogP contribution in [0, 0.1) is 16.0 Å². The fraction of sp³-hybridized carbons (Fsp3) is 0.310. The molecule has 1 aliphatic heterocycles. The number of nitro groups is 1. The van der Waals surface area contributed by atoms with E-state index in [1.165, 1.54) is 30.5 Å². The van der Waals surface area contributed by atoms with E-state index in [2.05, 4.69) is 20.2 Å². The highest BCUT2D eigenvalue weighted by Crippen LogP contribution is 2.30. The minimum atomic E-state index is -4.47. The molecule has 1 unspecified atom stereocenters. The molecule has 3 heterocycles. The SMILES string of the molecule is COCCN1CCCC(CNc2ccc(S(=O)(=O)NC(=O)c3ccccc3Oc3cnc4[nH]ccc4c3)cc2[N+](=O)[O-])C1. The molecule has 43 heavy (non-hydrogen) atoms. The van der Waals surface area contributed by atoms with Gasteiger partial charge < -0.3 is 24.7 Å². The number of piperidine rings is 1. The maximum Gasteiger partial charge on any atom is 0.293 e. The van der Waals surface area contributed by atoms with E-state index >= 15 is 0 Å². The summed E-state index contributed by atoms with van der Waals surface area (Å²) in [5, 5.41) is 15.8. The standard InChI is InChI=1S/C29H32N6O7S/c1-41-14-13-34-12-4-5-20(19-34)17-31-25-9-8-23(16-26(25)35(37)38)43(39,40)33-29(36)24-6-2-3-7-27(24)42-22-15-21-10-11-30-28(21)32-18-22/h2-3,6-11,15-16,18,20,31H,4-5,12-14,17,19H2,1H3,(H,30,32)(H,33,36). The Kier molecular flexibility index (Phi) is 9.19. The lowest BCUT2D eigenvalue weighted by Crippen LogP contribution is -2.39. The summed E-state index contributed by atoms with van der Waals surface area (Å²) in [5.41, 5.74) is 0.424. The first-order chi connectivity index (χ1) is 20.7. The van der Waals surface area contributed by atoms with Crippen LogP contribution in [-0.4, -0.2) is 74.0 Å². The summed E-state index contributed by atoms with van der Waals surface area (Å²) in [6.07, 6.45) is 5.20. The number of hydrogen-bond acceptors (Lipinski definition) is 10. The van der Waals surface area contributed by atoms with Gasteiger partial charge in [0.15, 0.2) is 0 Å². The smallest absolute Gasteiger partial charge is 0.293 e. The maximum atomic E-state index is 13.2. The molecule has 13 nitrogen and oxygen atoms in total. The lowest BCUT2D eigenvalue weighted by molar-refractivity contribution is -0.384. The first-order valence-corrected chi connectivity index (χ1v) is 15.2. The third-order valence-corrected chi connectivity index (χ3v) is 8.56. The van der Waals surface area contributed by atoms with Crippen molar-refractivity contribution in [3.05, 3.63) is 82.7 Å². The Labute approximate surface area is 248 Å². The zero-order valence-electron chi connectivity index (χ0n) is 23.5. The second-order valence-electron chi connectivity index (χ2n) is 10.2. The van der Waals surface area contributed by atoms with Crippen LogP contribution >= 0.6 is 0 Å². The number of nitrogens with zero attached hydrogens (tertiary/aromatic N) is 3. The van der Waals surface area contributed by atoms with Crippen molar-refractivity contribution < 1.29 is 27.6 Å². The number of nitrogens with one attached hydrogen (secondary N) is 3. The number of aromatic nitrogens is 2. The number of methoxy groups -OCH3 is 1. The van der Waals surface area contributed by atoms with Gasteiger partial charge in [-0.15, -0.1) is 0 Å². The Morgan fingerprint density at radius 3 is 2.86 bits per heavy atom. The van der Waals surface area contributed by atoms with Crippen LogP contribution in [0.4, 0.5) is 11.4 Å². The fourth-order valence-electron chi connectivity index (χ4n) is 5.06. The van der Waals surface area contributed by atoms with Crippen LogP contribution in [0.25, 0.3) is 11.0 Å². The number of sulfonamides is 1. The average Bonchev–Trinajstić information content (AvgIpc) is 3.47. The van der Waals surface area contributed by atoms with Gasteiger partial charge in [0, 0.05) is 44.4 Å². The molecule has 3 N–H and O–H groups in total. The first kappa shape index (κ1) is 29.9. The van der Waals surface area contributed by atoms with E-state index < -0.39 is 31.4 Å². The molecular formula is C29H32N6O7S. The van der Waals surface area contributed by atoms with Gasteiger partial charge in [0.1, 0.15) is 22.8 Å². The second kappa shape index (κ2) is 13.2. The van der Waals surface area contributed by atoms with Gasteiger partial charge in [-0.3, -0.25) is 14.9 Å². The van der Waals surface area contributed by atoms with Crippen LogP contribution in [0.2, 0.25) is 0 Å². The van der Waals surface area contributed by atoms with Crippen LogP contribution in [0.15, 0.2) is 71.9 Å². The molecule has 0 radical (unpaired) electrons. The molecule has 1 aliphatic rings. The minimum Gasteiger partial charge on any atom is -0.455 e. The van der Waals surface area contributed by atoms with Gasteiger partial charge >= 0.3 is 0 Å². The molecule has 0 aliphatic carbocycles. The van der Waals surface area contributed by atoms with Crippen molar-refractivity contribution in [1.82, 2.24) is 19.6 Å². The van der Waals surface area contributed by atoms with E-state index in [1.54, 1.807) is 31.5 Å². The predicted molar refractivity (Wildman–Crippen MR) is 160 cm³/mol.